The predicted molar refractivity (Wildman–Crippen MR) is 83.8 cm³/mol. The van der Waals surface area contributed by atoms with Gasteiger partial charge in [-0.25, -0.2) is 0 Å². The Hall–Kier alpha value is -0.800. The van der Waals surface area contributed by atoms with E-state index >= 15 is 0 Å². The number of hydrogen-bond donors (Lipinski definition) is 1. The Bertz CT molecular complexity index is 378. The number of furan rings is 1. The highest BCUT2D eigenvalue weighted by Gasteiger charge is 2.13. The second-order valence-corrected chi connectivity index (χ2v) is 6.01. The first kappa shape index (κ1) is 15.6. The van der Waals surface area contributed by atoms with Crippen molar-refractivity contribution >= 4 is 0 Å². The molecule has 1 fully saturated rings. The Labute approximate surface area is 123 Å². The summed E-state index contributed by atoms with van der Waals surface area (Å²) in [6.07, 6.45) is 8.08. The van der Waals surface area contributed by atoms with Gasteiger partial charge in [-0.15, -0.1) is 0 Å². The van der Waals surface area contributed by atoms with E-state index in [1.165, 1.54) is 57.2 Å². The van der Waals surface area contributed by atoms with Crippen LogP contribution < -0.4 is 5.32 Å². The average Bonchev–Trinajstić information content (AvgIpc) is 2.73. The lowest BCUT2D eigenvalue weighted by Crippen LogP contribution is -2.26. The lowest BCUT2D eigenvalue weighted by molar-refractivity contribution is 0.238. The van der Waals surface area contributed by atoms with Crippen molar-refractivity contribution in [1.82, 2.24) is 10.2 Å². The highest BCUT2D eigenvalue weighted by molar-refractivity contribution is 5.20. The van der Waals surface area contributed by atoms with Gasteiger partial charge in [0.25, 0.3) is 0 Å². The van der Waals surface area contributed by atoms with Gasteiger partial charge >= 0.3 is 0 Å². The van der Waals surface area contributed by atoms with Crippen LogP contribution in [0.15, 0.2) is 10.5 Å². The van der Waals surface area contributed by atoms with Gasteiger partial charge in [-0.2, -0.15) is 0 Å². The largest absolute Gasteiger partial charge is 0.465 e. The number of nitrogens with one attached hydrogen (secondary N) is 1. The summed E-state index contributed by atoms with van der Waals surface area (Å²) in [5, 5.41) is 3.41. The number of aryl methyl sites for hydroxylation is 1. The maximum Gasteiger partial charge on any atom is 0.118 e. The number of rotatable bonds is 6. The topological polar surface area (TPSA) is 28.4 Å². The van der Waals surface area contributed by atoms with Crippen molar-refractivity contribution in [1.29, 1.82) is 0 Å². The predicted octanol–water partition coefficient (Wildman–Crippen LogP) is 3.85. The van der Waals surface area contributed by atoms with Crippen molar-refractivity contribution in [3.8, 4) is 0 Å². The number of likely N-dealkylation sites (tertiary alicyclic amines) is 1. The van der Waals surface area contributed by atoms with Gasteiger partial charge in [0.15, 0.2) is 0 Å². The van der Waals surface area contributed by atoms with E-state index in [0.717, 1.165) is 31.2 Å². The normalized spacial score (nSPS) is 17.9. The first-order chi connectivity index (χ1) is 9.79. The fraction of sp³-hybridized carbons (Fsp3) is 0.765. The van der Waals surface area contributed by atoms with E-state index in [-0.39, 0.29) is 0 Å². The minimum absolute atomic E-state index is 0.856. The van der Waals surface area contributed by atoms with Crippen LogP contribution in [-0.4, -0.2) is 24.5 Å². The molecule has 1 N–H and O–H groups in total. The molecule has 1 aromatic heterocycles. The van der Waals surface area contributed by atoms with Crippen LogP contribution in [-0.2, 0) is 13.1 Å². The van der Waals surface area contributed by atoms with Gasteiger partial charge in [-0.05, 0) is 51.9 Å². The summed E-state index contributed by atoms with van der Waals surface area (Å²) in [5.74, 6) is 2.18. The quantitative estimate of drug-likeness (QED) is 0.801. The molecule has 3 heteroatoms. The fourth-order valence-corrected chi connectivity index (χ4v) is 2.93. The molecule has 0 bridgehead atoms. The first-order valence-electron chi connectivity index (χ1n) is 8.31. The molecule has 1 aliphatic heterocycles. The van der Waals surface area contributed by atoms with Gasteiger partial charge in [0.05, 0.1) is 6.54 Å². The summed E-state index contributed by atoms with van der Waals surface area (Å²) < 4.78 is 5.87. The SMILES string of the molecule is CCCNCc1cc(CN2CCCCCCC2)c(C)o1. The Balaban J connectivity index is 1.87. The third-order valence-corrected chi connectivity index (χ3v) is 4.14. The van der Waals surface area contributed by atoms with E-state index in [2.05, 4.69) is 30.1 Å². The highest BCUT2D eigenvalue weighted by atomic mass is 16.3. The maximum absolute atomic E-state index is 5.87. The third kappa shape index (κ3) is 4.95. The minimum atomic E-state index is 0.856. The summed E-state index contributed by atoms with van der Waals surface area (Å²) >= 11 is 0. The molecule has 0 aliphatic carbocycles. The molecule has 3 nitrogen and oxygen atoms in total. The molecule has 2 rings (SSSR count). The highest BCUT2D eigenvalue weighted by Crippen LogP contribution is 2.19. The second-order valence-electron chi connectivity index (χ2n) is 6.01. The standard InChI is InChI=1S/C17H30N2O/c1-3-9-18-13-17-12-16(15(2)20-17)14-19-10-7-5-4-6-8-11-19/h12,18H,3-11,13-14H2,1-2H3. The second kappa shape index (κ2) is 8.48. The molecule has 0 unspecified atom stereocenters. The Morgan fingerprint density at radius 3 is 2.55 bits per heavy atom. The van der Waals surface area contributed by atoms with Gasteiger partial charge < -0.3 is 9.73 Å². The summed E-state index contributed by atoms with van der Waals surface area (Å²) in [6.45, 7) is 9.75. The summed E-state index contributed by atoms with van der Waals surface area (Å²) in [6, 6.07) is 2.25. The molecule has 20 heavy (non-hydrogen) atoms. The van der Waals surface area contributed by atoms with E-state index in [0.29, 0.717) is 0 Å². The van der Waals surface area contributed by atoms with Crippen LogP contribution in [0.3, 0.4) is 0 Å². The number of hydrogen-bond acceptors (Lipinski definition) is 3. The summed E-state index contributed by atoms with van der Waals surface area (Å²) in [5.41, 5.74) is 1.37. The summed E-state index contributed by atoms with van der Waals surface area (Å²) in [4.78, 5) is 2.60. The van der Waals surface area contributed by atoms with E-state index < -0.39 is 0 Å². The molecule has 1 saturated heterocycles. The summed E-state index contributed by atoms with van der Waals surface area (Å²) in [7, 11) is 0. The zero-order valence-electron chi connectivity index (χ0n) is 13.2. The molecule has 0 saturated carbocycles. The zero-order chi connectivity index (χ0) is 14.2. The molecule has 0 atom stereocenters. The van der Waals surface area contributed by atoms with E-state index in [9.17, 15) is 0 Å². The molecule has 0 radical (unpaired) electrons. The van der Waals surface area contributed by atoms with Crippen LogP contribution in [0.25, 0.3) is 0 Å². The Kier molecular flexibility index (Phi) is 6.61. The lowest BCUT2D eigenvalue weighted by Gasteiger charge is -2.24. The lowest BCUT2D eigenvalue weighted by atomic mass is 10.1. The smallest absolute Gasteiger partial charge is 0.118 e. The van der Waals surface area contributed by atoms with Gasteiger partial charge in [0.1, 0.15) is 11.5 Å². The van der Waals surface area contributed by atoms with Crippen molar-refractivity contribution in [3.63, 3.8) is 0 Å². The van der Waals surface area contributed by atoms with Crippen LogP contribution in [0.2, 0.25) is 0 Å². The molecule has 1 aliphatic rings. The van der Waals surface area contributed by atoms with Crippen LogP contribution >= 0.6 is 0 Å². The van der Waals surface area contributed by atoms with Crippen LogP contribution in [0.5, 0.6) is 0 Å². The van der Waals surface area contributed by atoms with Gasteiger partial charge in [-0.1, -0.05) is 26.2 Å². The Morgan fingerprint density at radius 2 is 1.85 bits per heavy atom. The van der Waals surface area contributed by atoms with Crippen molar-refractivity contribution in [2.75, 3.05) is 19.6 Å². The zero-order valence-corrected chi connectivity index (χ0v) is 13.2. The van der Waals surface area contributed by atoms with Crippen LogP contribution in [0.1, 0.15) is 62.5 Å². The van der Waals surface area contributed by atoms with Crippen molar-refractivity contribution in [2.24, 2.45) is 0 Å². The van der Waals surface area contributed by atoms with Crippen molar-refractivity contribution < 1.29 is 4.42 Å². The third-order valence-electron chi connectivity index (χ3n) is 4.14. The van der Waals surface area contributed by atoms with E-state index in [4.69, 9.17) is 4.42 Å². The van der Waals surface area contributed by atoms with Crippen molar-refractivity contribution in [3.05, 3.63) is 23.2 Å². The van der Waals surface area contributed by atoms with Gasteiger partial charge in [-0.3, -0.25) is 4.90 Å². The number of nitrogens with zero attached hydrogens (tertiary/aromatic N) is 1. The van der Waals surface area contributed by atoms with Crippen LogP contribution in [0, 0.1) is 6.92 Å². The van der Waals surface area contributed by atoms with E-state index in [1.807, 2.05) is 0 Å². The van der Waals surface area contributed by atoms with Gasteiger partial charge in [0.2, 0.25) is 0 Å². The van der Waals surface area contributed by atoms with E-state index in [1.54, 1.807) is 0 Å². The molecular weight excluding hydrogens is 248 g/mol. The van der Waals surface area contributed by atoms with Crippen molar-refractivity contribution in [2.45, 2.75) is 65.5 Å². The maximum atomic E-state index is 5.87. The molecule has 1 aromatic rings. The monoisotopic (exact) mass is 278 g/mol. The molecular formula is C17H30N2O. The Morgan fingerprint density at radius 1 is 1.15 bits per heavy atom. The fourth-order valence-electron chi connectivity index (χ4n) is 2.93. The molecule has 0 aromatic carbocycles. The minimum Gasteiger partial charge on any atom is -0.465 e. The van der Waals surface area contributed by atoms with Crippen LogP contribution in [0.4, 0.5) is 0 Å². The first-order valence-corrected chi connectivity index (χ1v) is 8.31. The molecule has 2 heterocycles. The average molecular weight is 278 g/mol. The molecule has 0 spiro atoms. The van der Waals surface area contributed by atoms with Gasteiger partial charge in [0, 0.05) is 12.1 Å². The molecule has 0 amide bonds. The molecule has 114 valence electrons.